The van der Waals surface area contributed by atoms with Gasteiger partial charge >= 0.3 is 12.1 Å². The van der Waals surface area contributed by atoms with Crippen molar-refractivity contribution in [1.29, 1.82) is 0 Å². The molecular formula is C19H19NO4S. The van der Waals surface area contributed by atoms with E-state index < -0.39 is 18.1 Å². The molecule has 0 saturated carbocycles. The van der Waals surface area contributed by atoms with E-state index >= 15 is 0 Å². The molecule has 2 N–H and O–H groups in total. The Morgan fingerprint density at radius 1 is 1.12 bits per heavy atom. The topological polar surface area (TPSA) is 75.6 Å². The van der Waals surface area contributed by atoms with Gasteiger partial charge in [-0.25, -0.2) is 9.59 Å². The Bertz CT molecular complexity index is 747. The lowest BCUT2D eigenvalue weighted by atomic mass is 9.98. The molecule has 6 heteroatoms. The Morgan fingerprint density at radius 2 is 1.68 bits per heavy atom. The Balaban J connectivity index is 1.71. The van der Waals surface area contributed by atoms with Crippen molar-refractivity contribution in [2.24, 2.45) is 0 Å². The second kappa shape index (κ2) is 7.61. The first kappa shape index (κ1) is 17.4. The molecule has 1 atom stereocenters. The van der Waals surface area contributed by atoms with Crippen LogP contribution in [0.15, 0.2) is 48.5 Å². The predicted molar refractivity (Wildman–Crippen MR) is 98.0 cm³/mol. The van der Waals surface area contributed by atoms with Crippen LogP contribution in [0.4, 0.5) is 4.79 Å². The van der Waals surface area contributed by atoms with Crippen molar-refractivity contribution >= 4 is 23.8 Å². The summed E-state index contributed by atoms with van der Waals surface area (Å²) < 4.78 is 5.34. The van der Waals surface area contributed by atoms with Crippen molar-refractivity contribution in [3.05, 3.63) is 59.7 Å². The second-order valence-corrected chi connectivity index (χ2v) is 6.73. The van der Waals surface area contributed by atoms with E-state index in [0.29, 0.717) is 5.75 Å². The number of carbonyl (C=O) groups is 2. The van der Waals surface area contributed by atoms with Gasteiger partial charge < -0.3 is 15.2 Å². The van der Waals surface area contributed by atoms with E-state index in [1.54, 1.807) is 6.26 Å². The highest BCUT2D eigenvalue weighted by atomic mass is 32.2. The maximum Gasteiger partial charge on any atom is 0.407 e. The molecular weight excluding hydrogens is 338 g/mol. The fraction of sp³-hybridized carbons (Fsp3) is 0.263. The number of hydrogen-bond acceptors (Lipinski definition) is 4. The average molecular weight is 357 g/mol. The summed E-state index contributed by atoms with van der Waals surface area (Å²) in [6.07, 6.45) is 1.08. The fourth-order valence-corrected chi connectivity index (χ4v) is 3.68. The van der Waals surface area contributed by atoms with E-state index in [2.05, 4.69) is 17.4 Å². The summed E-state index contributed by atoms with van der Waals surface area (Å²) in [7, 11) is 0. The maximum atomic E-state index is 12.0. The zero-order chi connectivity index (χ0) is 17.8. The maximum absolute atomic E-state index is 12.0. The fourth-order valence-electron chi connectivity index (χ4n) is 3.12. The van der Waals surface area contributed by atoms with Gasteiger partial charge in [0.05, 0.1) is 0 Å². The summed E-state index contributed by atoms with van der Waals surface area (Å²) in [5.41, 5.74) is 4.54. The number of carbonyl (C=O) groups excluding carboxylic acids is 1. The van der Waals surface area contributed by atoms with Crippen molar-refractivity contribution in [3.8, 4) is 11.1 Å². The number of carboxylic acids is 1. The van der Waals surface area contributed by atoms with Crippen LogP contribution in [-0.2, 0) is 9.53 Å². The van der Waals surface area contributed by atoms with Crippen molar-refractivity contribution in [2.75, 3.05) is 18.6 Å². The highest BCUT2D eigenvalue weighted by molar-refractivity contribution is 7.98. The molecule has 0 fully saturated rings. The number of thioether (sulfide) groups is 1. The lowest BCUT2D eigenvalue weighted by Gasteiger charge is -2.17. The van der Waals surface area contributed by atoms with Crippen LogP contribution in [-0.4, -0.2) is 41.8 Å². The van der Waals surface area contributed by atoms with Gasteiger partial charge in [-0.3, -0.25) is 0 Å². The molecule has 2 aromatic carbocycles. The average Bonchev–Trinajstić information content (AvgIpc) is 2.93. The highest BCUT2D eigenvalue weighted by Crippen LogP contribution is 2.44. The van der Waals surface area contributed by atoms with Gasteiger partial charge in [0.2, 0.25) is 0 Å². The Kier molecular flexibility index (Phi) is 5.28. The minimum absolute atomic E-state index is 0.0398. The van der Waals surface area contributed by atoms with Gasteiger partial charge in [0.15, 0.2) is 0 Å². The lowest BCUT2D eigenvalue weighted by Crippen LogP contribution is -2.43. The van der Waals surface area contributed by atoms with Crippen LogP contribution in [0.2, 0.25) is 0 Å². The van der Waals surface area contributed by atoms with Crippen LogP contribution in [0.1, 0.15) is 17.0 Å². The molecule has 0 bridgehead atoms. The number of ether oxygens (including phenoxy) is 1. The third-order valence-electron chi connectivity index (χ3n) is 4.27. The van der Waals surface area contributed by atoms with Crippen molar-refractivity contribution in [3.63, 3.8) is 0 Å². The normalized spacial score (nSPS) is 13.6. The number of rotatable bonds is 6. The van der Waals surface area contributed by atoms with Gasteiger partial charge in [-0.1, -0.05) is 48.5 Å². The molecule has 3 rings (SSSR count). The van der Waals surface area contributed by atoms with E-state index in [4.69, 9.17) is 9.84 Å². The minimum atomic E-state index is -1.07. The quantitative estimate of drug-likeness (QED) is 0.829. The van der Waals surface area contributed by atoms with Crippen LogP contribution >= 0.6 is 11.8 Å². The van der Waals surface area contributed by atoms with Gasteiger partial charge in [-0.15, -0.1) is 0 Å². The van der Waals surface area contributed by atoms with E-state index in [9.17, 15) is 9.59 Å². The van der Waals surface area contributed by atoms with Crippen LogP contribution in [0, 0.1) is 0 Å². The molecule has 1 aliphatic rings. The summed E-state index contributed by atoms with van der Waals surface area (Å²) >= 11 is 1.35. The van der Waals surface area contributed by atoms with E-state index in [1.165, 1.54) is 11.8 Å². The third kappa shape index (κ3) is 3.64. The van der Waals surface area contributed by atoms with E-state index in [1.807, 2.05) is 36.4 Å². The van der Waals surface area contributed by atoms with Crippen LogP contribution in [0.3, 0.4) is 0 Å². The molecule has 0 aliphatic heterocycles. The number of alkyl carbamates (subject to hydrolysis) is 1. The molecule has 0 saturated heterocycles. The summed E-state index contributed by atoms with van der Waals surface area (Å²) in [5, 5.41) is 11.5. The van der Waals surface area contributed by atoms with Gasteiger partial charge in [-0.05, 0) is 28.5 Å². The minimum Gasteiger partial charge on any atom is -0.480 e. The van der Waals surface area contributed by atoms with Crippen LogP contribution < -0.4 is 5.32 Å². The standard InChI is InChI=1S/C19H19NO4S/c1-25-11-17(18(21)22)20-19(23)24-10-16-14-8-4-2-6-12(14)13-7-3-5-9-15(13)16/h2-9,16-17H,10-11H2,1H3,(H,20,23)(H,21,22)/t17-/m0/s1. The first-order valence-electron chi connectivity index (χ1n) is 7.95. The van der Waals surface area contributed by atoms with E-state index in [0.717, 1.165) is 22.3 Å². The SMILES string of the molecule is CSC[C@H](NC(=O)OCC1c2ccccc2-c2ccccc21)C(=O)O. The molecule has 25 heavy (non-hydrogen) atoms. The molecule has 5 nitrogen and oxygen atoms in total. The first-order valence-corrected chi connectivity index (χ1v) is 9.34. The molecule has 1 aliphatic carbocycles. The smallest absolute Gasteiger partial charge is 0.407 e. The number of benzene rings is 2. The molecule has 130 valence electrons. The van der Waals surface area contributed by atoms with Crippen LogP contribution in [0.5, 0.6) is 0 Å². The second-order valence-electron chi connectivity index (χ2n) is 5.82. The summed E-state index contributed by atoms with van der Waals surface area (Å²) in [6, 6.07) is 15.2. The van der Waals surface area contributed by atoms with Crippen LogP contribution in [0.25, 0.3) is 11.1 Å². The van der Waals surface area contributed by atoms with Crippen molar-refractivity contribution in [2.45, 2.75) is 12.0 Å². The summed E-state index contributed by atoms with van der Waals surface area (Å²) in [4.78, 5) is 23.1. The number of amides is 1. The number of carboxylic acid groups (broad SMARTS) is 1. The lowest BCUT2D eigenvalue weighted by molar-refractivity contribution is -0.138. The Labute approximate surface area is 150 Å². The van der Waals surface area contributed by atoms with Crippen molar-refractivity contribution < 1.29 is 19.4 Å². The molecule has 0 radical (unpaired) electrons. The zero-order valence-corrected chi connectivity index (χ0v) is 14.6. The molecule has 0 heterocycles. The number of fused-ring (bicyclic) bond motifs is 3. The highest BCUT2D eigenvalue weighted by Gasteiger charge is 2.29. The van der Waals surface area contributed by atoms with Gasteiger partial charge in [0.25, 0.3) is 0 Å². The monoisotopic (exact) mass is 357 g/mol. The van der Waals surface area contributed by atoms with E-state index in [-0.39, 0.29) is 12.5 Å². The predicted octanol–water partition coefficient (Wildman–Crippen LogP) is 3.34. The molecule has 1 amide bonds. The third-order valence-corrected chi connectivity index (χ3v) is 4.93. The molecule has 0 unspecified atom stereocenters. The number of nitrogens with one attached hydrogen (secondary N) is 1. The summed E-state index contributed by atoms with van der Waals surface area (Å²) in [6.45, 7) is 0.172. The first-order chi connectivity index (χ1) is 12.1. The largest absolute Gasteiger partial charge is 0.480 e. The molecule has 2 aromatic rings. The van der Waals surface area contributed by atoms with Crippen molar-refractivity contribution in [1.82, 2.24) is 5.32 Å². The van der Waals surface area contributed by atoms with Gasteiger partial charge in [0.1, 0.15) is 12.6 Å². The van der Waals surface area contributed by atoms with Gasteiger partial charge in [-0.2, -0.15) is 11.8 Å². The summed E-state index contributed by atoms with van der Waals surface area (Å²) in [5.74, 6) is -0.815. The van der Waals surface area contributed by atoms with Gasteiger partial charge in [0, 0.05) is 11.7 Å². The Hall–Kier alpha value is -2.47. The Morgan fingerprint density at radius 3 is 2.20 bits per heavy atom. The molecule has 0 aromatic heterocycles. The zero-order valence-electron chi connectivity index (χ0n) is 13.8. The molecule has 0 spiro atoms. The number of hydrogen-bond donors (Lipinski definition) is 2. The number of aliphatic carboxylic acids is 1.